The van der Waals surface area contributed by atoms with E-state index in [2.05, 4.69) is 0 Å². The fourth-order valence-corrected chi connectivity index (χ4v) is 4.03. The molecule has 0 fully saturated rings. The number of hydrogen-bond acceptors (Lipinski definition) is 4. The Labute approximate surface area is 154 Å². The molecule has 0 radical (unpaired) electrons. The Bertz CT molecular complexity index is 964. The zero-order valence-electron chi connectivity index (χ0n) is 14.7. The molecule has 0 unspecified atom stereocenters. The quantitative estimate of drug-likeness (QED) is 0.352. The molecule has 0 amide bonds. The predicted octanol–water partition coefficient (Wildman–Crippen LogP) is 1.57. The fourth-order valence-electron chi connectivity index (χ4n) is 2.89. The second-order valence-corrected chi connectivity index (χ2v) is 9.62. The number of benzene rings is 1. The lowest BCUT2D eigenvalue weighted by Crippen LogP contribution is -2.32. The summed E-state index contributed by atoms with van der Waals surface area (Å²) in [7, 11) is -7.87. The third-order valence-electron chi connectivity index (χ3n) is 4.13. The lowest BCUT2D eigenvalue weighted by Gasteiger charge is -1.98. The minimum atomic E-state index is -3.93. The zero-order valence-corrected chi connectivity index (χ0v) is 16.3. The zero-order chi connectivity index (χ0) is 19.4. The van der Waals surface area contributed by atoms with Crippen molar-refractivity contribution in [3.8, 4) is 0 Å². The third-order valence-corrected chi connectivity index (χ3v) is 5.74. The van der Waals surface area contributed by atoms with E-state index in [0.29, 0.717) is 38.8 Å². The van der Waals surface area contributed by atoms with Gasteiger partial charge < -0.3 is 0 Å². The van der Waals surface area contributed by atoms with Gasteiger partial charge in [-0.3, -0.25) is 9.11 Å². The number of aryl methyl sites for hydroxylation is 3. The molecule has 0 saturated heterocycles. The van der Waals surface area contributed by atoms with Crippen molar-refractivity contribution in [3.63, 3.8) is 0 Å². The Kier molecular flexibility index (Phi) is 6.78. The first-order chi connectivity index (χ1) is 12.1. The molecule has 2 rings (SSSR count). The smallest absolute Gasteiger partial charge is 0.264 e. The summed E-state index contributed by atoms with van der Waals surface area (Å²) in [5.41, 5.74) is 3.14. The van der Waals surface area contributed by atoms with E-state index in [1.54, 1.807) is 0 Å². The molecular formula is C16H25N2O6S2+. The van der Waals surface area contributed by atoms with Gasteiger partial charge in [0, 0.05) is 0 Å². The highest BCUT2D eigenvalue weighted by molar-refractivity contribution is 7.86. The lowest BCUT2D eigenvalue weighted by molar-refractivity contribution is -0.672. The van der Waals surface area contributed by atoms with Gasteiger partial charge in [-0.25, -0.2) is 9.13 Å². The monoisotopic (exact) mass is 405 g/mol. The van der Waals surface area contributed by atoms with Gasteiger partial charge in [0.15, 0.2) is 11.0 Å². The van der Waals surface area contributed by atoms with Crippen molar-refractivity contribution >= 4 is 31.3 Å². The van der Waals surface area contributed by atoms with Crippen LogP contribution in [-0.2, 0) is 33.3 Å². The molecule has 8 nitrogen and oxygen atoms in total. The van der Waals surface area contributed by atoms with E-state index in [1.165, 1.54) is 0 Å². The number of nitrogens with zero attached hydrogens (tertiary/aromatic N) is 2. The summed E-state index contributed by atoms with van der Waals surface area (Å²) >= 11 is 0. The summed E-state index contributed by atoms with van der Waals surface area (Å²) in [4.78, 5) is 0. The maximum absolute atomic E-state index is 10.8. The molecule has 0 aliphatic carbocycles. The first kappa shape index (κ1) is 20.8. The van der Waals surface area contributed by atoms with Crippen molar-refractivity contribution in [2.45, 2.75) is 45.7 Å². The van der Waals surface area contributed by atoms with Gasteiger partial charge in [-0.05, 0) is 50.3 Å². The first-order valence-corrected chi connectivity index (χ1v) is 11.7. The van der Waals surface area contributed by atoms with Gasteiger partial charge in [-0.15, -0.1) is 0 Å². The second kappa shape index (κ2) is 8.47. The number of hydrogen-bond donors (Lipinski definition) is 2. The van der Waals surface area contributed by atoms with E-state index in [4.69, 9.17) is 9.11 Å². The molecule has 26 heavy (non-hydrogen) atoms. The van der Waals surface area contributed by atoms with Crippen LogP contribution >= 0.6 is 0 Å². The lowest BCUT2D eigenvalue weighted by atomic mass is 10.2. The average molecular weight is 406 g/mol. The first-order valence-electron chi connectivity index (χ1n) is 8.44. The molecule has 2 N–H and O–H groups in total. The highest BCUT2D eigenvalue weighted by atomic mass is 32.2. The van der Waals surface area contributed by atoms with Crippen molar-refractivity contribution in [1.29, 1.82) is 0 Å². The molecule has 1 aromatic carbocycles. The summed E-state index contributed by atoms with van der Waals surface area (Å²) in [5.74, 6) is -0.498. The van der Waals surface area contributed by atoms with E-state index >= 15 is 0 Å². The Morgan fingerprint density at radius 3 is 2.19 bits per heavy atom. The molecule has 146 valence electrons. The van der Waals surface area contributed by atoms with Crippen molar-refractivity contribution < 1.29 is 30.5 Å². The molecule has 0 atom stereocenters. The summed E-state index contributed by atoms with van der Waals surface area (Å²) in [6.45, 7) is 3.23. The van der Waals surface area contributed by atoms with Gasteiger partial charge in [0.25, 0.3) is 20.2 Å². The summed E-state index contributed by atoms with van der Waals surface area (Å²) in [5, 5.41) is 0. The summed E-state index contributed by atoms with van der Waals surface area (Å²) < 4.78 is 64.9. The molecule has 10 heteroatoms. The molecular weight excluding hydrogens is 380 g/mol. The van der Waals surface area contributed by atoms with Gasteiger partial charge >= 0.3 is 0 Å². The summed E-state index contributed by atoms with van der Waals surface area (Å²) in [6.07, 6.45) is 3.91. The number of imidazole rings is 1. The van der Waals surface area contributed by atoms with E-state index in [9.17, 15) is 16.8 Å². The van der Waals surface area contributed by atoms with Crippen LogP contribution in [-0.4, -0.2) is 42.0 Å². The third kappa shape index (κ3) is 6.67. The van der Waals surface area contributed by atoms with Crippen LogP contribution in [0.2, 0.25) is 0 Å². The van der Waals surface area contributed by atoms with E-state index in [1.807, 2.05) is 40.6 Å². The minimum absolute atomic E-state index is 0.249. The molecule has 1 aromatic heterocycles. The van der Waals surface area contributed by atoms with Crippen LogP contribution in [0.4, 0.5) is 0 Å². The van der Waals surface area contributed by atoms with Gasteiger partial charge in [0.1, 0.15) is 0 Å². The molecule has 2 aromatic rings. The van der Waals surface area contributed by atoms with Crippen LogP contribution in [0, 0.1) is 6.92 Å². The van der Waals surface area contributed by atoms with Crippen molar-refractivity contribution in [1.82, 2.24) is 4.57 Å². The van der Waals surface area contributed by atoms with Crippen molar-refractivity contribution in [3.05, 3.63) is 30.1 Å². The van der Waals surface area contributed by atoms with Gasteiger partial charge in [-0.1, -0.05) is 6.07 Å². The van der Waals surface area contributed by atoms with Crippen molar-refractivity contribution in [2.75, 3.05) is 11.5 Å². The van der Waals surface area contributed by atoms with E-state index < -0.39 is 20.2 Å². The Morgan fingerprint density at radius 1 is 0.962 bits per heavy atom. The molecule has 0 bridgehead atoms. The minimum Gasteiger partial charge on any atom is -0.286 e. The molecule has 0 spiro atoms. The van der Waals surface area contributed by atoms with Crippen LogP contribution in [0.3, 0.4) is 0 Å². The fraction of sp³-hybridized carbons (Fsp3) is 0.562. The van der Waals surface area contributed by atoms with Crippen LogP contribution in [0.5, 0.6) is 0 Å². The average Bonchev–Trinajstić information content (AvgIpc) is 2.83. The molecule has 1 heterocycles. The largest absolute Gasteiger partial charge is 0.286 e. The van der Waals surface area contributed by atoms with Gasteiger partial charge in [0.05, 0.1) is 24.6 Å². The number of unbranched alkanes of at least 4 members (excludes halogenated alkanes) is 2. The van der Waals surface area contributed by atoms with Crippen LogP contribution in [0.15, 0.2) is 24.5 Å². The molecule has 0 saturated carbocycles. The SMILES string of the molecule is Cc1ccc2c(c1)n(CCCCS(=O)(=O)O)c[n+]2CCCCS(=O)(=O)O. The number of rotatable bonds is 10. The van der Waals surface area contributed by atoms with Gasteiger partial charge in [-0.2, -0.15) is 16.8 Å². The Morgan fingerprint density at radius 2 is 1.58 bits per heavy atom. The Hall–Kier alpha value is -1.49. The maximum atomic E-state index is 10.8. The second-order valence-electron chi connectivity index (χ2n) is 6.48. The van der Waals surface area contributed by atoms with E-state index in [-0.39, 0.29) is 11.5 Å². The molecule has 0 aliphatic rings. The van der Waals surface area contributed by atoms with E-state index in [0.717, 1.165) is 16.6 Å². The number of aromatic nitrogens is 2. The van der Waals surface area contributed by atoms with Crippen LogP contribution in [0.25, 0.3) is 11.0 Å². The Balaban J connectivity index is 2.08. The molecule has 0 aliphatic heterocycles. The predicted molar refractivity (Wildman–Crippen MR) is 98.2 cm³/mol. The van der Waals surface area contributed by atoms with Crippen molar-refractivity contribution in [2.24, 2.45) is 0 Å². The number of fused-ring (bicyclic) bond motifs is 1. The maximum Gasteiger partial charge on any atom is 0.264 e. The highest BCUT2D eigenvalue weighted by Gasteiger charge is 2.16. The standard InChI is InChI=1S/C16H24N2O6S2/c1-14-6-7-15-16(12-14)18(9-3-5-11-26(22,23)24)13-17(15)8-2-4-10-25(19,20)21/h6-7,12-13H,2-5,8-11H2,1H3,(H-,19,20,21,22,23,24)/p+1. The van der Waals surface area contributed by atoms with Crippen LogP contribution < -0.4 is 4.57 Å². The summed E-state index contributed by atoms with van der Waals surface area (Å²) in [6, 6.07) is 6.05. The normalized spacial score (nSPS) is 12.7. The topological polar surface area (TPSA) is 118 Å². The van der Waals surface area contributed by atoms with Gasteiger partial charge in [0.2, 0.25) is 6.33 Å². The van der Waals surface area contributed by atoms with Crippen LogP contribution in [0.1, 0.15) is 31.2 Å². The highest BCUT2D eigenvalue weighted by Crippen LogP contribution is 2.15.